The minimum absolute atomic E-state index is 0.467. The minimum Gasteiger partial charge on any atom is -0.256 e. The van der Waals surface area contributed by atoms with Gasteiger partial charge in [-0.15, -0.1) is 0 Å². The predicted molar refractivity (Wildman–Crippen MR) is 55.9 cm³/mol. The number of halogens is 3. The van der Waals surface area contributed by atoms with E-state index in [0.717, 1.165) is 10.2 Å². The molecule has 0 unspecified atom stereocenters. The fourth-order valence-electron chi connectivity index (χ4n) is 1.51. The van der Waals surface area contributed by atoms with E-state index < -0.39 is 12.7 Å². The molecular formula is C11H9F3N2. The van der Waals surface area contributed by atoms with E-state index in [-0.39, 0.29) is 0 Å². The van der Waals surface area contributed by atoms with Crippen LogP contribution < -0.4 is 0 Å². The molecule has 1 aromatic carbocycles. The Hall–Kier alpha value is -1.78. The van der Waals surface area contributed by atoms with Crippen molar-refractivity contribution in [3.8, 4) is 0 Å². The van der Waals surface area contributed by atoms with Crippen molar-refractivity contribution in [2.45, 2.75) is 12.7 Å². The van der Waals surface area contributed by atoms with Gasteiger partial charge in [-0.1, -0.05) is 24.8 Å². The average Bonchev–Trinajstić information content (AvgIpc) is 2.58. The smallest absolute Gasteiger partial charge is 0.256 e. The fraction of sp³-hybridized carbons (Fsp3) is 0.182. The first-order chi connectivity index (χ1) is 7.49. The topological polar surface area (TPSA) is 17.8 Å². The third kappa shape index (κ3) is 2.08. The molecule has 0 fully saturated rings. The van der Waals surface area contributed by atoms with Crippen LogP contribution in [0.15, 0.2) is 31.0 Å². The highest BCUT2D eigenvalue weighted by Gasteiger charge is 2.29. The van der Waals surface area contributed by atoms with Crippen LogP contribution in [0.3, 0.4) is 0 Å². The molecule has 0 amide bonds. The van der Waals surface area contributed by atoms with Crippen LogP contribution in [-0.4, -0.2) is 16.0 Å². The zero-order chi connectivity index (χ0) is 11.8. The van der Waals surface area contributed by atoms with Crippen LogP contribution in [-0.2, 0) is 6.54 Å². The van der Waals surface area contributed by atoms with Crippen molar-refractivity contribution in [2.75, 3.05) is 0 Å². The van der Waals surface area contributed by atoms with Crippen molar-refractivity contribution in [2.24, 2.45) is 0 Å². The van der Waals surface area contributed by atoms with Crippen molar-refractivity contribution in [1.82, 2.24) is 9.78 Å². The van der Waals surface area contributed by atoms with Gasteiger partial charge in [-0.3, -0.25) is 4.68 Å². The number of alkyl halides is 3. The maximum Gasteiger partial charge on any atom is 0.408 e. The maximum absolute atomic E-state index is 12.2. The molecule has 2 aromatic rings. The monoisotopic (exact) mass is 226 g/mol. The summed E-state index contributed by atoms with van der Waals surface area (Å²) in [6.07, 6.45) is -1.25. The number of rotatable bonds is 2. The molecule has 0 radical (unpaired) electrons. The highest BCUT2D eigenvalue weighted by Crippen LogP contribution is 2.22. The molecule has 0 bridgehead atoms. The number of hydrogen-bond donors (Lipinski definition) is 0. The van der Waals surface area contributed by atoms with Crippen molar-refractivity contribution >= 4 is 17.0 Å². The van der Waals surface area contributed by atoms with Gasteiger partial charge in [0.1, 0.15) is 6.54 Å². The predicted octanol–water partition coefficient (Wildman–Crippen LogP) is 3.24. The summed E-state index contributed by atoms with van der Waals surface area (Å²) >= 11 is 0. The van der Waals surface area contributed by atoms with Gasteiger partial charge in [-0.05, 0) is 11.6 Å². The third-order valence-electron chi connectivity index (χ3n) is 2.23. The Morgan fingerprint density at radius 3 is 2.75 bits per heavy atom. The Morgan fingerprint density at radius 2 is 2.12 bits per heavy atom. The molecule has 2 rings (SSSR count). The van der Waals surface area contributed by atoms with Crippen molar-refractivity contribution in [1.29, 1.82) is 0 Å². The van der Waals surface area contributed by atoms with Gasteiger partial charge >= 0.3 is 6.18 Å². The lowest BCUT2D eigenvalue weighted by atomic mass is 10.2. The fourth-order valence-corrected chi connectivity index (χ4v) is 1.51. The average molecular weight is 226 g/mol. The normalized spacial score (nSPS) is 11.9. The van der Waals surface area contributed by atoms with Crippen LogP contribution in [0.5, 0.6) is 0 Å². The number of aromatic nitrogens is 2. The summed E-state index contributed by atoms with van der Waals surface area (Å²) in [6, 6.07) is 5.15. The Morgan fingerprint density at radius 1 is 1.38 bits per heavy atom. The van der Waals surface area contributed by atoms with Gasteiger partial charge in [-0.25, -0.2) is 0 Å². The quantitative estimate of drug-likeness (QED) is 0.768. The van der Waals surface area contributed by atoms with Gasteiger partial charge in [0.25, 0.3) is 0 Å². The molecule has 0 saturated heterocycles. The Bertz CT molecular complexity index is 525. The molecule has 0 atom stereocenters. The van der Waals surface area contributed by atoms with Gasteiger partial charge < -0.3 is 0 Å². The first kappa shape index (κ1) is 10.7. The Labute approximate surface area is 90.0 Å². The van der Waals surface area contributed by atoms with Gasteiger partial charge in [0, 0.05) is 5.39 Å². The second-order valence-corrected chi connectivity index (χ2v) is 3.44. The van der Waals surface area contributed by atoms with Gasteiger partial charge in [0.05, 0.1) is 11.7 Å². The second kappa shape index (κ2) is 3.66. The van der Waals surface area contributed by atoms with E-state index in [2.05, 4.69) is 11.7 Å². The van der Waals surface area contributed by atoms with Crippen LogP contribution >= 0.6 is 0 Å². The molecule has 1 heterocycles. The molecule has 5 heteroatoms. The number of benzene rings is 1. The SMILES string of the molecule is C=Cc1ccc2cnn(CC(F)(F)F)c2c1. The van der Waals surface area contributed by atoms with Crippen LogP contribution in [0.2, 0.25) is 0 Å². The molecule has 0 aliphatic rings. The molecule has 16 heavy (non-hydrogen) atoms. The molecular weight excluding hydrogens is 217 g/mol. The standard InChI is InChI=1S/C11H9F3N2/c1-2-8-3-4-9-6-15-16(10(9)5-8)7-11(12,13)14/h2-6H,1,7H2. The molecule has 84 valence electrons. The van der Waals surface area contributed by atoms with E-state index in [1.807, 2.05) is 0 Å². The molecule has 0 N–H and O–H groups in total. The summed E-state index contributed by atoms with van der Waals surface area (Å²) in [5.41, 5.74) is 1.24. The largest absolute Gasteiger partial charge is 0.408 e. The highest BCUT2D eigenvalue weighted by atomic mass is 19.4. The molecule has 2 nitrogen and oxygen atoms in total. The Balaban J connectivity index is 2.50. The lowest BCUT2D eigenvalue weighted by molar-refractivity contribution is -0.141. The van der Waals surface area contributed by atoms with Crippen molar-refractivity contribution in [3.63, 3.8) is 0 Å². The zero-order valence-corrected chi connectivity index (χ0v) is 8.33. The van der Waals surface area contributed by atoms with E-state index >= 15 is 0 Å². The van der Waals surface area contributed by atoms with Crippen molar-refractivity contribution < 1.29 is 13.2 Å². The summed E-state index contributed by atoms with van der Waals surface area (Å²) < 4.78 is 37.7. The lowest BCUT2D eigenvalue weighted by Gasteiger charge is -2.07. The van der Waals surface area contributed by atoms with Crippen LogP contribution in [0.25, 0.3) is 17.0 Å². The van der Waals surface area contributed by atoms with Crippen LogP contribution in [0.1, 0.15) is 5.56 Å². The lowest BCUT2D eigenvalue weighted by Crippen LogP contribution is -2.18. The van der Waals surface area contributed by atoms with E-state index in [4.69, 9.17) is 0 Å². The summed E-state index contributed by atoms with van der Waals surface area (Å²) in [6.45, 7) is 2.50. The second-order valence-electron chi connectivity index (χ2n) is 3.44. The number of hydrogen-bond acceptors (Lipinski definition) is 1. The highest BCUT2D eigenvalue weighted by molar-refractivity contribution is 5.81. The zero-order valence-electron chi connectivity index (χ0n) is 8.33. The molecule has 0 aliphatic carbocycles. The van der Waals surface area contributed by atoms with Crippen molar-refractivity contribution in [3.05, 3.63) is 36.5 Å². The van der Waals surface area contributed by atoms with E-state index in [0.29, 0.717) is 10.9 Å². The van der Waals surface area contributed by atoms with Gasteiger partial charge in [-0.2, -0.15) is 18.3 Å². The molecule has 0 saturated carbocycles. The third-order valence-corrected chi connectivity index (χ3v) is 2.23. The maximum atomic E-state index is 12.2. The minimum atomic E-state index is -4.26. The summed E-state index contributed by atoms with van der Waals surface area (Å²) in [5.74, 6) is 0. The van der Waals surface area contributed by atoms with Gasteiger partial charge in [0.2, 0.25) is 0 Å². The van der Waals surface area contributed by atoms with Crippen LogP contribution in [0, 0.1) is 0 Å². The van der Waals surface area contributed by atoms with Crippen LogP contribution in [0.4, 0.5) is 13.2 Å². The molecule has 0 spiro atoms. The summed E-state index contributed by atoms with van der Waals surface area (Å²) in [5, 5.41) is 4.41. The Kier molecular flexibility index (Phi) is 2.46. The number of nitrogens with zero attached hydrogens (tertiary/aromatic N) is 2. The molecule has 0 aliphatic heterocycles. The number of fused-ring (bicyclic) bond motifs is 1. The summed E-state index contributed by atoms with van der Waals surface area (Å²) in [7, 11) is 0. The summed E-state index contributed by atoms with van der Waals surface area (Å²) in [4.78, 5) is 0. The molecule has 1 aromatic heterocycles. The first-order valence-corrected chi connectivity index (χ1v) is 4.64. The van der Waals surface area contributed by atoms with E-state index in [1.54, 1.807) is 24.3 Å². The van der Waals surface area contributed by atoms with Gasteiger partial charge in [0.15, 0.2) is 0 Å². The van der Waals surface area contributed by atoms with E-state index in [9.17, 15) is 13.2 Å². The first-order valence-electron chi connectivity index (χ1n) is 4.64. The van der Waals surface area contributed by atoms with E-state index in [1.165, 1.54) is 6.20 Å².